The molecule has 3 nitrogen and oxygen atoms in total. The highest BCUT2D eigenvalue weighted by atomic mass is 16.5. The van der Waals surface area contributed by atoms with Crippen molar-refractivity contribution >= 4 is 0 Å². The largest absolute Gasteiger partial charge is 0.497 e. The van der Waals surface area contributed by atoms with Crippen molar-refractivity contribution < 1.29 is 9.47 Å². The minimum Gasteiger partial charge on any atom is -0.497 e. The molecule has 0 amide bonds. The summed E-state index contributed by atoms with van der Waals surface area (Å²) in [5.41, 5.74) is 3.68. The molecule has 2 aromatic carbocycles. The molecule has 0 aromatic heterocycles. The molecule has 1 atom stereocenters. The lowest BCUT2D eigenvalue weighted by molar-refractivity contribution is 0.391. The van der Waals surface area contributed by atoms with Crippen LogP contribution >= 0.6 is 0 Å². The summed E-state index contributed by atoms with van der Waals surface area (Å²) in [5, 5.41) is 3.37. The first-order valence-corrected chi connectivity index (χ1v) is 7.12. The zero-order valence-corrected chi connectivity index (χ0v) is 13.1. The molecule has 0 saturated heterocycles. The maximum Gasteiger partial charge on any atom is 0.123 e. The SMILES string of the molecule is CNC(Cc1ccc(C)cc1)c1cc(OC)ccc1OC. The van der Waals surface area contributed by atoms with Crippen LogP contribution in [-0.4, -0.2) is 21.3 Å². The number of rotatable bonds is 6. The number of nitrogens with one attached hydrogen (secondary N) is 1. The Labute approximate surface area is 126 Å². The minimum absolute atomic E-state index is 0.178. The van der Waals surface area contributed by atoms with Crippen LogP contribution in [0, 0.1) is 6.92 Å². The van der Waals surface area contributed by atoms with E-state index < -0.39 is 0 Å². The predicted molar refractivity (Wildman–Crippen MR) is 86.2 cm³/mol. The quantitative estimate of drug-likeness (QED) is 0.881. The fraction of sp³-hybridized carbons (Fsp3) is 0.333. The Hall–Kier alpha value is -2.00. The van der Waals surface area contributed by atoms with Gasteiger partial charge in [-0.15, -0.1) is 0 Å². The van der Waals surface area contributed by atoms with Crippen molar-refractivity contribution in [3.8, 4) is 11.5 Å². The maximum absolute atomic E-state index is 5.49. The molecule has 21 heavy (non-hydrogen) atoms. The number of methoxy groups -OCH3 is 2. The Bertz CT molecular complexity index is 578. The normalized spacial score (nSPS) is 12.0. The number of benzene rings is 2. The second-order valence-electron chi connectivity index (χ2n) is 5.14. The highest BCUT2D eigenvalue weighted by Crippen LogP contribution is 2.31. The third-order valence-electron chi connectivity index (χ3n) is 3.72. The van der Waals surface area contributed by atoms with Gasteiger partial charge in [-0.3, -0.25) is 0 Å². The fourth-order valence-corrected chi connectivity index (χ4v) is 2.44. The molecule has 0 saturated carbocycles. The van der Waals surface area contributed by atoms with Gasteiger partial charge >= 0.3 is 0 Å². The van der Waals surface area contributed by atoms with Crippen LogP contribution in [0.1, 0.15) is 22.7 Å². The molecule has 2 rings (SSSR count). The lowest BCUT2D eigenvalue weighted by Crippen LogP contribution is -2.19. The molecule has 112 valence electrons. The third kappa shape index (κ3) is 3.76. The Kier molecular flexibility index (Phi) is 5.23. The van der Waals surface area contributed by atoms with Crippen molar-refractivity contribution in [1.29, 1.82) is 0 Å². The summed E-state index contributed by atoms with van der Waals surface area (Å²) in [6.07, 6.45) is 0.903. The third-order valence-corrected chi connectivity index (χ3v) is 3.72. The summed E-state index contributed by atoms with van der Waals surface area (Å²) in [7, 11) is 5.35. The van der Waals surface area contributed by atoms with Crippen LogP contribution in [0.5, 0.6) is 11.5 Å². The van der Waals surface area contributed by atoms with Gasteiger partial charge < -0.3 is 14.8 Å². The molecule has 0 bridgehead atoms. The van der Waals surface area contributed by atoms with Gasteiger partial charge in [0.2, 0.25) is 0 Å². The fourth-order valence-electron chi connectivity index (χ4n) is 2.44. The Morgan fingerprint density at radius 1 is 1.00 bits per heavy atom. The summed E-state index contributed by atoms with van der Waals surface area (Å²) in [6.45, 7) is 2.10. The van der Waals surface area contributed by atoms with Crippen molar-refractivity contribution in [3.63, 3.8) is 0 Å². The van der Waals surface area contributed by atoms with Crippen LogP contribution in [0.4, 0.5) is 0 Å². The second kappa shape index (κ2) is 7.14. The molecule has 0 aliphatic rings. The lowest BCUT2D eigenvalue weighted by atomic mass is 9.97. The number of aryl methyl sites for hydroxylation is 1. The average Bonchev–Trinajstić information content (AvgIpc) is 2.53. The van der Waals surface area contributed by atoms with E-state index in [0.29, 0.717) is 0 Å². The zero-order chi connectivity index (χ0) is 15.2. The van der Waals surface area contributed by atoms with Crippen LogP contribution in [-0.2, 0) is 6.42 Å². The van der Waals surface area contributed by atoms with E-state index in [4.69, 9.17) is 9.47 Å². The molecule has 0 fully saturated rings. The second-order valence-corrected chi connectivity index (χ2v) is 5.14. The average molecular weight is 285 g/mol. The number of ether oxygens (including phenoxy) is 2. The first kappa shape index (κ1) is 15.4. The smallest absolute Gasteiger partial charge is 0.123 e. The van der Waals surface area contributed by atoms with Crippen LogP contribution < -0.4 is 14.8 Å². The van der Waals surface area contributed by atoms with Crippen molar-refractivity contribution in [2.75, 3.05) is 21.3 Å². The highest BCUT2D eigenvalue weighted by molar-refractivity contribution is 5.43. The van der Waals surface area contributed by atoms with E-state index in [9.17, 15) is 0 Å². The molecule has 3 heteroatoms. The van der Waals surface area contributed by atoms with Gasteiger partial charge in [0.05, 0.1) is 14.2 Å². The number of hydrogen-bond acceptors (Lipinski definition) is 3. The van der Waals surface area contributed by atoms with Gasteiger partial charge in [0, 0.05) is 11.6 Å². The number of hydrogen-bond donors (Lipinski definition) is 1. The van der Waals surface area contributed by atoms with Crippen molar-refractivity contribution in [2.24, 2.45) is 0 Å². The Morgan fingerprint density at radius 2 is 1.71 bits per heavy atom. The number of likely N-dealkylation sites (N-methyl/N-ethyl adjacent to an activating group) is 1. The first-order chi connectivity index (χ1) is 10.2. The van der Waals surface area contributed by atoms with Crippen molar-refractivity contribution in [1.82, 2.24) is 5.32 Å². The lowest BCUT2D eigenvalue weighted by Gasteiger charge is -2.20. The maximum atomic E-state index is 5.49. The van der Waals surface area contributed by atoms with Crippen molar-refractivity contribution in [2.45, 2.75) is 19.4 Å². The van der Waals surface area contributed by atoms with E-state index in [1.54, 1.807) is 14.2 Å². The van der Waals surface area contributed by atoms with E-state index in [1.807, 2.05) is 25.2 Å². The summed E-state index contributed by atoms with van der Waals surface area (Å²) in [5.74, 6) is 1.72. The summed E-state index contributed by atoms with van der Waals surface area (Å²) < 4.78 is 10.8. The standard InChI is InChI=1S/C18H23NO2/c1-13-5-7-14(8-6-13)11-17(19-2)16-12-15(20-3)9-10-18(16)21-4/h5-10,12,17,19H,11H2,1-4H3. The van der Waals surface area contributed by atoms with Crippen molar-refractivity contribution in [3.05, 3.63) is 59.2 Å². The van der Waals surface area contributed by atoms with Crippen LogP contribution in [0.25, 0.3) is 0 Å². The Balaban J connectivity index is 2.29. The van der Waals surface area contributed by atoms with Gasteiger partial charge in [-0.25, -0.2) is 0 Å². The van der Waals surface area contributed by atoms with Crippen LogP contribution in [0.3, 0.4) is 0 Å². The van der Waals surface area contributed by atoms with Gasteiger partial charge in [0.1, 0.15) is 11.5 Å². The molecule has 0 aliphatic heterocycles. The Morgan fingerprint density at radius 3 is 2.29 bits per heavy atom. The molecular formula is C18H23NO2. The van der Waals surface area contributed by atoms with Gasteiger partial charge in [-0.1, -0.05) is 29.8 Å². The highest BCUT2D eigenvalue weighted by Gasteiger charge is 2.16. The molecule has 2 aromatic rings. The molecule has 0 heterocycles. The zero-order valence-electron chi connectivity index (χ0n) is 13.1. The van der Waals surface area contributed by atoms with E-state index in [2.05, 4.69) is 36.5 Å². The van der Waals surface area contributed by atoms with Gasteiger partial charge in [0.25, 0.3) is 0 Å². The van der Waals surface area contributed by atoms with Gasteiger partial charge in [-0.05, 0) is 44.2 Å². The predicted octanol–water partition coefficient (Wildman–Crippen LogP) is 3.52. The molecular weight excluding hydrogens is 262 g/mol. The first-order valence-electron chi connectivity index (χ1n) is 7.12. The molecule has 0 aliphatic carbocycles. The topological polar surface area (TPSA) is 30.5 Å². The molecule has 0 spiro atoms. The van der Waals surface area contributed by atoms with Gasteiger partial charge in [0.15, 0.2) is 0 Å². The van der Waals surface area contributed by atoms with E-state index in [-0.39, 0.29) is 6.04 Å². The summed E-state index contributed by atoms with van der Waals surface area (Å²) in [4.78, 5) is 0. The molecule has 1 unspecified atom stereocenters. The molecule has 1 N–H and O–H groups in total. The summed E-state index contributed by atoms with van der Waals surface area (Å²) in [6, 6.07) is 14.7. The van der Waals surface area contributed by atoms with E-state index in [1.165, 1.54) is 11.1 Å². The van der Waals surface area contributed by atoms with Crippen LogP contribution in [0.15, 0.2) is 42.5 Å². The van der Waals surface area contributed by atoms with Crippen LogP contribution in [0.2, 0.25) is 0 Å². The minimum atomic E-state index is 0.178. The monoisotopic (exact) mass is 285 g/mol. The van der Waals surface area contributed by atoms with Gasteiger partial charge in [-0.2, -0.15) is 0 Å². The van der Waals surface area contributed by atoms with E-state index in [0.717, 1.165) is 23.5 Å². The summed E-state index contributed by atoms with van der Waals surface area (Å²) >= 11 is 0. The van der Waals surface area contributed by atoms with E-state index >= 15 is 0 Å². The molecule has 0 radical (unpaired) electrons.